The highest BCUT2D eigenvalue weighted by Crippen LogP contribution is 2.66. The number of pyridine rings is 1. The average Bonchev–Trinajstić information content (AvgIpc) is 3.61. The second-order valence-electron chi connectivity index (χ2n) is 7.67. The lowest BCUT2D eigenvalue weighted by Gasteiger charge is -2.33. The van der Waals surface area contributed by atoms with Crippen molar-refractivity contribution in [2.75, 3.05) is 13.7 Å². The Hall–Kier alpha value is -3.85. The van der Waals surface area contributed by atoms with Gasteiger partial charge in [-0.3, -0.25) is 9.79 Å². The quantitative estimate of drug-likeness (QED) is 0.360. The molecule has 3 heterocycles. The summed E-state index contributed by atoms with van der Waals surface area (Å²) in [5, 5.41) is 0.144. The minimum absolute atomic E-state index is 0.0128. The van der Waals surface area contributed by atoms with Crippen LogP contribution in [0.2, 0.25) is 0 Å². The van der Waals surface area contributed by atoms with Crippen molar-refractivity contribution in [1.82, 2.24) is 15.0 Å². The number of aliphatic imine (C=N–C) groups is 1. The monoisotopic (exact) mass is 501 g/mol. The maximum absolute atomic E-state index is 14.8. The molecule has 0 bridgehead atoms. The van der Waals surface area contributed by atoms with E-state index in [1.807, 2.05) is 6.79 Å². The Balaban J connectivity index is 0.00000167. The molecule has 1 aliphatic heterocycles. The van der Waals surface area contributed by atoms with Crippen LogP contribution in [0.15, 0.2) is 29.6 Å². The van der Waals surface area contributed by atoms with Crippen LogP contribution in [0.4, 0.5) is 8.78 Å². The zero-order chi connectivity index (χ0) is 25.8. The van der Waals surface area contributed by atoms with Gasteiger partial charge < -0.3 is 20.0 Å². The summed E-state index contributed by atoms with van der Waals surface area (Å²) in [6.07, 6.45) is 10.3. The van der Waals surface area contributed by atoms with E-state index in [1.54, 1.807) is 6.92 Å². The van der Waals surface area contributed by atoms with Crippen LogP contribution in [0.25, 0.3) is 11.9 Å². The van der Waals surface area contributed by atoms with Gasteiger partial charge in [0.25, 0.3) is 0 Å². The standard InChI is InChI=1S/C22H19F2N5O3S.CH2O/c1-4-5-32-17-11-26-15(10-27-17)14(23)7-12-6-13(18(24)28-9-12)21(2)16-8-22(16,19(30)31-3)33-20(25)29-21;1-2/h1,6-7,9-11,16H,5,8H2,2-3H3,(H2,25,29);1H2/b14-7-;/t16-,21+,22-;/m0./s1. The van der Waals surface area contributed by atoms with Gasteiger partial charge >= 0.3 is 5.97 Å². The number of thioether (sulfide) groups is 1. The van der Waals surface area contributed by atoms with Gasteiger partial charge in [-0.05, 0) is 31.1 Å². The summed E-state index contributed by atoms with van der Waals surface area (Å²) in [6, 6.07) is 1.44. The number of aromatic nitrogens is 3. The first kappa shape index (κ1) is 25.8. The molecule has 1 fully saturated rings. The summed E-state index contributed by atoms with van der Waals surface area (Å²) in [7, 11) is 1.29. The van der Waals surface area contributed by atoms with Gasteiger partial charge in [0, 0.05) is 17.7 Å². The number of halogens is 2. The van der Waals surface area contributed by atoms with Crippen molar-refractivity contribution in [3.63, 3.8) is 0 Å². The fourth-order valence-corrected chi connectivity index (χ4v) is 5.36. The number of terminal acetylenes is 1. The lowest BCUT2D eigenvalue weighted by molar-refractivity contribution is -0.141. The third kappa shape index (κ3) is 4.85. The van der Waals surface area contributed by atoms with E-state index in [1.165, 1.54) is 31.8 Å². The molecule has 0 radical (unpaired) electrons. The molecule has 4 rings (SSSR count). The summed E-state index contributed by atoms with van der Waals surface area (Å²) < 4.78 is 38.7. The molecule has 182 valence electrons. The van der Waals surface area contributed by atoms with Crippen LogP contribution in [0.5, 0.6) is 5.88 Å². The third-order valence-electron chi connectivity index (χ3n) is 5.62. The summed E-state index contributed by atoms with van der Waals surface area (Å²) in [6.45, 7) is 3.69. The summed E-state index contributed by atoms with van der Waals surface area (Å²) in [4.78, 5) is 36.5. The summed E-state index contributed by atoms with van der Waals surface area (Å²) >= 11 is 1.12. The van der Waals surface area contributed by atoms with Gasteiger partial charge in [0.15, 0.2) is 17.6 Å². The molecular formula is C23H21F2N5O4S. The number of ether oxygens (including phenoxy) is 2. The maximum atomic E-state index is 14.8. The van der Waals surface area contributed by atoms with Crippen molar-refractivity contribution < 1.29 is 27.8 Å². The molecule has 0 amide bonds. The first-order valence-electron chi connectivity index (χ1n) is 10.1. The van der Waals surface area contributed by atoms with Crippen LogP contribution >= 0.6 is 11.8 Å². The predicted molar refractivity (Wildman–Crippen MR) is 126 cm³/mol. The van der Waals surface area contributed by atoms with Gasteiger partial charge in [-0.1, -0.05) is 17.7 Å². The van der Waals surface area contributed by atoms with Gasteiger partial charge in [0.1, 0.15) is 17.2 Å². The lowest BCUT2D eigenvalue weighted by Crippen LogP contribution is -2.40. The maximum Gasteiger partial charge on any atom is 0.322 e. The molecule has 2 aromatic heterocycles. The molecule has 35 heavy (non-hydrogen) atoms. The molecule has 0 aromatic carbocycles. The number of methoxy groups -OCH3 is 1. The van der Waals surface area contributed by atoms with E-state index in [2.05, 4.69) is 25.9 Å². The van der Waals surface area contributed by atoms with Crippen molar-refractivity contribution >= 4 is 41.6 Å². The van der Waals surface area contributed by atoms with Crippen molar-refractivity contribution in [2.45, 2.75) is 23.6 Å². The van der Waals surface area contributed by atoms with E-state index >= 15 is 0 Å². The number of carbonyl (C=O) groups excluding carboxylic acids is 2. The van der Waals surface area contributed by atoms with Crippen molar-refractivity contribution in [3.8, 4) is 18.2 Å². The average molecular weight is 502 g/mol. The zero-order valence-corrected chi connectivity index (χ0v) is 19.6. The van der Waals surface area contributed by atoms with E-state index in [9.17, 15) is 13.6 Å². The van der Waals surface area contributed by atoms with E-state index in [0.29, 0.717) is 6.42 Å². The van der Waals surface area contributed by atoms with Crippen LogP contribution in [0.3, 0.4) is 0 Å². The molecule has 9 nitrogen and oxygen atoms in total. The molecule has 0 saturated heterocycles. The first-order valence-corrected chi connectivity index (χ1v) is 10.9. The van der Waals surface area contributed by atoms with Gasteiger partial charge in [-0.2, -0.15) is 4.39 Å². The van der Waals surface area contributed by atoms with Crippen LogP contribution in [0, 0.1) is 24.2 Å². The highest BCUT2D eigenvalue weighted by molar-refractivity contribution is 8.15. The molecule has 1 saturated carbocycles. The highest BCUT2D eigenvalue weighted by Gasteiger charge is 2.71. The molecular weight excluding hydrogens is 480 g/mol. The molecule has 12 heteroatoms. The molecule has 0 unspecified atom stereocenters. The second-order valence-corrected chi connectivity index (χ2v) is 9.02. The number of carbonyl (C=O) groups is 2. The fraction of sp³-hybridized carbons (Fsp3) is 0.304. The number of hydrogen-bond acceptors (Lipinski definition) is 10. The van der Waals surface area contributed by atoms with Crippen LogP contribution in [-0.4, -0.2) is 51.3 Å². The lowest BCUT2D eigenvalue weighted by atomic mass is 9.86. The number of amidine groups is 1. The van der Waals surface area contributed by atoms with Crippen LogP contribution in [0.1, 0.15) is 30.2 Å². The van der Waals surface area contributed by atoms with Crippen LogP contribution < -0.4 is 10.5 Å². The molecule has 2 aromatic rings. The molecule has 2 aliphatic rings. The van der Waals surface area contributed by atoms with Gasteiger partial charge in [-0.25, -0.2) is 19.3 Å². The zero-order valence-electron chi connectivity index (χ0n) is 18.8. The molecule has 3 atom stereocenters. The Morgan fingerprint density at radius 3 is 2.74 bits per heavy atom. The van der Waals surface area contributed by atoms with E-state index in [4.69, 9.17) is 26.4 Å². The Kier molecular flexibility index (Phi) is 7.50. The Morgan fingerprint density at radius 1 is 1.37 bits per heavy atom. The smallest absolute Gasteiger partial charge is 0.322 e. The van der Waals surface area contributed by atoms with Crippen LogP contribution in [-0.2, 0) is 19.9 Å². The number of rotatable bonds is 6. The predicted octanol–water partition coefficient (Wildman–Crippen LogP) is 2.51. The third-order valence-corrected chi connectivity index (χ3v) is 6.91. The summed E-state index contributed by atoms with van der Waals surface area (Å²) in [5.41, 5.74) is 5.14. The van der Waals surface area contributed by atoms with Gasteiger partial charge in [-0.15, -0.1) is 6.42 Å². The largest absolute Gasteiger partial charge is 0.468 e. The number of nitrogens with zero attached hydrogens (tertiary/aromatic N) is 4. The van der Waals surface area contributed by atoms with E-state index < -0.39 is 28.0 Å². The van der Waals surface area contributed by atoms with Crippen molar-refractivity contribution in [1.29, 1.82) is 0 Å². The molecule has 1 aliphatic carbocycles. The number of hydrogen-bond donors (Lipinski definition) is 1. The molecule has 2 N–H and O–H groups in total. The number of nitrogens with two attached hydrogens (primary N) is 1. The first-order chi connectivity index (χ1) is 16.7. The SMILES string of the molecule is C#CCOc1cnc(/C(F)=C/c2cnc(F)c([C@@]3(C)N=C(N)S[C@@]4(C(=O)OC)C[C@H]43)c2)cn1.C=O. The van der Waals surface area contributed by atoms with E-state index in [0.717, 1.165) is 17.8 Å². The fourth-order valence-electron chi connectivity index (χ4n) is 3.96. The Labute approximate surface area is 204 Å². The van der Waals surface area contributed by atoms with Gasteiger partial charge in [0.05, 0.1) is 25.0 Å². The topological polar surface area (TPSA) is 130 Å². The van der Waals surface area contributed by atoms with E-state index in [-0.39, 0.29) is 40.4 Å². The number of esters is 1. The molecule has 0 spiro atoms. The van der Waals surface area contributed by atoms with Crippen molar-refractivity contribution in [3.05, 3.63) is 47.4 Å². The normalized spacial score (nSPS) is 24.6. The van der Waals surface area contributed by atoms with Gasteiger partial charge in [0.2, 0.25) is 11.8 Å². The minimum atomic E-state index is -1.17. The second kappa shape index (κ2) is 10.2. The number of fused-ring (bicyclic) bond motifs is 1. The Bertz CT molecular complexity index is 1230. The van der Waals surface area contributed by atoms with Crippen molar-refractivity contribution in [2.24, 2.45) is 16.6 Å². The highest BCUT2D eigenvalue weighted by atomic mass is 32.2. The minimum Gasteiger partial charge on any atom is -0.468 e. The Morgan fingerprint density at radius 2 is 2.11 bits per heavy atom. The summed E-state index contributed by atoms with van der Waals surface area (Å²) in [5.74, 6) is 0.166.